The van der Waals surface area contributed by atoms with Crippen LogP contribution in [0.4, 0.5) is 5.00 Å². The van der Waals surface area contributed by atoms with Crippen LogP contribution < -0.4 is 5.32 Å². The number of rotatable bonds is 4. The molecule has 1 amide bonds. The molecule has 0 saturated carbocycles. The molecule has 0 spiro atoms. The van der Waals surface area contributed by atoms with Gasteiger partial charge in [0.15, 0.2) is 0 Å². The van der Waals surface area contributed by atoms with Crippen molar-refractivity contribution in [2.24, 2.45) is 11.3 Å². The van der Waals surface area contributed by atoms with E-state index in [9.17, 15) is 10.1 Å². The highest BCUT2D eigenvalue weighted by Crippen LogP contribution is 2.45. The lowest BCUT2D eigenvalue weighted by molar-refractivity contribution is -0.105. The number of thiophene rings is 1. The van der Waals surface area contributed by atoms with Gasteiger partial charge in [-0.15, -0.1) is 11.3 Å². The third-order valence-corrected chi connectivity index (χ3v) is 5.77. The van der Waals surface area contributed by atoms with Crippen LogP contribution in [0.1, 0.15) is 49.6 Å². The van der Waals surface area contributed by atoms with Gasteiger partial charge in [0.05, 0.1) is 5.56 Å². The van der Waals surface area contributed by atoms with Gasteiger partial charge in [0.2, 0.25) is 6.41 Å². The molecule has 0 unspecified atom stereocenters. The first-order chi connectivity index (χ1) is 9.03. The van der Waals surface area contributed by atoms with E-state index in [1.165, 1.54) is 16.9 Å². The molecule has 1 atom stereocenters. The summed E-state index contributed by atoms with van der Waals surface area (Å²) in [7, 11) is 0. The predicted molar refractivity (Wildman–Crippen MR) is 78.3 cm³/mol. The molecule has 0 fully saturated rings. The molecule has 1 aromatic rings. The Hall–Kier alpha value is -1.34. The van der Waals surface area contributed by atoms with Crippen LogP contribution in [0.2, 0.25) is 0 Å². The minimum Gasteiger partial charge on any atom is -0.319 e. The number of carbonyl (C=O) groups excluding carboxylic acids is 1. The fraction of sp³-hybridized carbons (Fsp3) is 0.600. The Kier molecular flexibility index (Phi) is 3.96. The summed E-state index contributed by atoms with van der Waals surface area (Å²) in [4.78, 5) is 11.9. The lowest BCUT2D eigenvalue weighted by atomic mass is 9.69. The van der Waals surface area contributed by atoms with Crippen LogP contribution in [0, 0.1) is 22.7 Å². The summed E-state index contributed by atoms with van der Waals surface area (Å²) in [5.41, 5.74) is 2.19. The van der Waals surface area contributed by atoms with Gasteiger partial charge in [0.25, 0.3) is 0 Å². The molecular weight excluding hydrogens is 256 g/mol. The molecule has 4 heteroatoms. The van der Waals surface area contributed by atoms with Crippen LogP contribution >= 0.6 is 11.3 Å². The first-order valence-corrected chi connectivity index (χ1v) is 7.60. The van der Waals surface area contributed by atoms with E-state index in [2.05, 4.69) is 32.2 Å². The minimum atomic E-state index is 0.340. The average Bonchev–Trinajstić information content (AvgIpc) is 2.75. The Balaban J connectivity index is 2.32. The van der Waals surface area contributed by atoms with Gasteiger partial charge >= 0.3 is 0 Å². The highest BCUT2D eigenvalue weighted by molar-refractivity contribution is 7.16. The van der Waals surface area contributed by atoms with Crippen LogP contribution in [0.5, 0.6) is 0 Å². The molecule has 102 valence electrons. The van der Waals surface area contributed by atoms with E-state index in [-0.39, 0.29) is 0 Å². The monoisotopic (exact) mass is 276 g/mol. The van der Waals surface area contributed by atoms with Gasteiger partial charge in [0.1, 0.15) is 11.1 Å². The fourth-order valence-electron chi connectivity index (χ4n) is 2.82. The maximum Gasteiger partial charge on any atom is 0.212 e. The molecule has 1 aromatic heterocycles. The first kappa shape index (κ1) is 14.1. The summed E-state index contributed by atoms with van der Waals surface area (Å²) >= 11 is 1.58. The number of fused-ring (bicyclic) bond motifs is 1. The van der Waals surface area contributed by atoms with Crippen molar-refractivity contribution < 1.29 is 4.79 Å². The molecule has 0 bridgehead atoms. The van der Waals surface area contributed by atoms with E-state index in [4.69, 9.17) is 0 Å². The zero-order valence-corrected chi connectivity index (χ0v) is 12.6. The SMILES string of the molecule is CCC(C)(C)[C@@H]1CCc2c(sc(NC=O)c2C#N)C1. The minimum absolute atomic E-state index is 0.340. The van der Waals surface area contributed by atoms with Crippen molar-refractivity contribution in [3.63, 3.8) is 0 Å². The van der Waals surface area contributed by atoms with E-state index in [0.717, 1.165) is 24.3 Å². The Labute approximate surface area is 118 Å². The Morgan fingerprint density at radius 2 is 2.32 bits per heavy atom. The Morgan fingerprint density at radius 1 is 1.58 bits per heavy atom. The number of carbonyl (C=O) groups is 1. The van der Waals surface area contributed by atoms with Crippen molar-refractivity contribution in [1.82, 2.24) is 0 Å². The smallest absolute Gasteiger partial charge is 0.212 e. The van der Waals surface area contributed by atoms with Crippen molar-refractivity contribution in [1.29, 1.82) is 5.26 Å². The molecule has 1 aliphatic carbocycles. The van der Waals surface area contributed by atoms with Crippen LogP contribution in [-0.2, 0) is 17.6 Å². The number of amides is 1. The zero-order valence-electron chi connectivity index (χ0n) is 11.7. The highest BCUT2D eigenvalue weighted by atomic mass is 32.1. The largest absolute Gasteiger partial charge is 0.319 e. The van der Waals surface area contributed by atoms with Crippen molar-refractivity contribution in [2.45, 2.75) is 46.5 Å². The summed E-state index contributed by atoms with van der Waals surface area (Å²) in [6, 6.07) is 2.25. The molecule has 19 heavy (non-hydrogen) atoms. The highest BCUT2D eigenvalue weighted by Gasteiger charge is 2.33. The lowest BCUT2D eigenvalue weighted by Crippen LogP contribution is -2.28. The Morgan fingerprint density at radius 3 is 2.89 bits per heavy atom. The second-order valence-corrected chi connectivity index (χ2v) is 6.97. The number of hydrogen-bond acceptors (Lipinski definition) is 3. The average molecular weight is 276 g/mol. The summed E-state index contributed by atoms with van der Waals surface area (Å²) in [6.45, 7) is 6.89. The Bertz CT molecular complexity index is 525. The van der Waals surface area contributed by atoms with Crippen LogP contribution in [0.15, 0.2) is 0 Å². The third kappa shape index (κ3) is 2.52. The van der Waals surface area contributed by atoms with Crippen molar-refractivity contribution in [3.05, 3.63) is 16.0 Å². The zero-order chi connectivity index (χ0) is 14.0. The van der Waals surface area contributed by atoms with Gasteiger partial charge in [0, 0.05) is 4.88 Å². The molecule has 1 aliphatic rings. The maximum absolute atomic E-state index is 10.6. The summed E-state index contributed by atoms with van der Waals surface area (Å²) in [6.07, 6.45) is 4.97. The van der Waals surface area contributed by atoms with E-state index in [1.807, 2.05) is 0 Å². The molecule has 0 saturated heterocycles. The van der Waals surface area contributed by atoms with Crippen LogP contribution in [0.3, 0.4) is 0 Å². The summed E-state index contributed by atoms with van der Waals surface area (Å²) < 4.78 is 0. The van der Waals surface area contributed by atoms with Gasteiger partial charge in [-0.25, -0.2) is 0 Å². The number of nitrogens with zero attached hydrogens (tertiary/aromatic N) is 1. The summed E-state index contributed by atoms with van der Waals surface area (Å²) in [5, 5.41) is 12.6. The van der Waals surface area contributed by atoms with E-state index >= 15 is 0 Å². The van der Waals surface area contributed by atoms with Crippen LogP contribution in [0.25, 0.3) is 0 Å². The van der Waals surface area contributed by atoms with Gasteiger partial charge < -0.3 is 5.32 Å². The first-order valence-electron chi connectivity index (χ1n) is 6.78. The maximum atomic E-state index is 10.6. The normalized spacial score (nSPS) is 18.5. The number of nitrogens with one attached hydrogen (secondary N) is 1. The predicted octanol–water partition coefficient (Wildman–Crippen LogP) is 3.73. The number of anilines is 1. The van der Waals surface area contributed by atoms with Gasteiger partial charge in [-0.05, 0) is 36.2 Å². The molecule has 3 nitrogen and oxygen atoms in total. The second kappa shape index (κ2) is 5.34. The molecule has 1 N–H and O–H groups in total. The fourth-order valence-corrected chi connectivity index (χ4v) is 4.05. The van der Waals surface area contributed by atoms with Gasteiger partial charge in [-0.3, -0.25) is 4.79 Å². The standard InChI is InChI=1S/C15H20N2OS/c1-4-15(2,3)10-5-6-11-12(8-16)14(17-9-18)19-13(11)7-10/h9-10H,4-7H2,1-3H3,(H,17,18)/t10-/m1/s1. The second-order valence-electron chi connectivity index (χ2n) is 5.86. The summed E-state index contributed by atoms with van der Waals surface area (Å²) in [5.74, 6) is 0.666. The molecule has 0 aliphatic heterocycles. The molecule has 2 rings (SSSR count). The van der Waals surface area contributed by atoms with Crippen molar-refractivity contribution in [2.75, 3.05) is 5.32 Å². The lowest BCUT2D eigenvalue weighted by Gasteiger charge is -2.36. The molecular formula is C15H20N2OS. The van der Waals surface area contributed by atoms with E-state index < -0.39 is 0 Å². The topological polar surface area (TPSA) is 52.9 Å². The van der Waals surface area contributed by atoms with E-state index in [0.29, 0.717) is 23.3 Å². The van der Waals surface area contributed by atoms with Crippen molar-refractivity contribution >= 4 is 22.7 Å². The van der Waals surface area contributed by atoms with Crippen LogP contribution in [-0.4, -0.2) is 6.41 Å². The third-order valence-electron chi connectivity index (χ3n) is 4.58. The quantitative estimate of drug-likeness (QED) is 0.852. The van der Waals surface area contributed by atoms with Gasteiger partial charge in [-0.1, -0.05) is 27.2 Å². The number of hydrogen-bond donors (Lipinski definition) is 1. The van der Waals surface area contributed by atoms with Gasteiger partial charge in [-0.2, -0.15) is 5.26 Å². The number of nitriles is 1. The van der Waals surface area contributed by atoms with Crippen molar-refractivity contribution in [3.8, 4) is 6.07 Å². The molecule has 0 aromatic carbocycles. The molecule has 1 heterocycles. The van der Waals surface area contributed by atoms with E-state index in [1.54, 1.807) is 11.3 Å². The molecule has 0 radical (unpaired) electrons.